The zero-order chi connectivity index (χ0) is 13.3. The van der Waals surface area contributed by atoms with Crippen LogP contribution in [0.1, 0.15) is 13.3 Å². The van der Waals surface area contributed by atoms with Gasteiger partial charge in [-0.15, -0.1) is 0 Å². The van der Waals surface area contributed by atoms with Gasteiger partial charge >= 0.3 is 0 Å². The Labute approximate surface area is 113 Å². The Morgan fingerprint density at radius 2 is 1.42 bits per heavy atom. The van der Waals surface area contributed by atoms with E-state index in [1.165, 1.54) is 0 Å². The molecule has 0 saturated carbocycles. The maximum absolute atomic E-state index is 13.6. The van der Waals surface area contributed by atoms with Crippen LogP contribution in [-0.2, 0) is 4.57 Å². The lowest BCUT2D eigenvalue weighted by Crippen LogP contribution is -2.21. The fraction of sp³-hybridized carbons (Fsp3) is 0.188. The molecule has 1 atom stereocenters. The van der Waals surface area contributed by atoms with E-state index in [0.717, 1.165) is 22.7 Å². The molecule has 1 unspecified atom stereocenters. The highest BCUT2D eigenvalue weighted by atomic mass is 31.2. The van der Waals surface area contributed by atoms with Gasteiger partial charge in [0.2, 0.25) is 0 Å². The summed E-state index contributed by atoms with van der Waals surface area (Å²) in [6.45, 7) is 2.07. The Bertz CT molecular complexity index is 605. The van der Waals surface area contributed by atoms with E-state index in [0.29, 0.717) is 0 Å². The topological polar surface area (TPSA) is 29.4 Å². The van der Waals surface area contributed by atoms with Gasteiger partial charge in [-0.3, -0.25) is 4.99 Å². The second-order valence-electron chi connectivity index (χ2n) is 4.68. The summed E-state index contributed by atoms with van der Waals surface area (Å²) in [5.41, 5.74) is 1.08. The van der Waals surface area contributed by atoms with Crippen molar-refractivity contribution in [3.8, 4) is 0 Å². The van der Waals surface area contributed by atoms with Crippen molar-refractivity contribution in [1.82, 2.24) is 0 Å². The number of hydrogen-bond donors (Lipinski definition) is 0. The third kappa shape index (κ3) is 2.06. The molecule has 0 fully saturated rings. The Morgan fingerprint density at radius 3 is 1.79 bits per heavy atom. The number of nitrogens with zero attached hydrogens (tertiary/aromatic N) is 1. The van der Waals surface area contributed by atoms with Crippen molar-refractivity contribution in [1.29, 1.82) is 0 Å². The maximum atomic E-state index is 13.6. The highest BCUT2D eigenvalue weighted by molar-refractivity contribution is 7.80. The standard InChI is InChI=1S/C16H16NOP/c1-2-15-16(17-15)19(18,13-9-5-3-6-10-13)14-11-7-4-8-12-14/h3-12,16H,2H2,1H3. The van der Waals surface area contributed by atoms with Gasteiger partial charge in [0.1, 0.15) is 5.78 Å². The lowest BCUT2D eigenvalue weighted by Gasteiger charge is -2.18. The molecule has 0 bridgehead atoms. The molecule has 1 aliphatic rings. The molecule has 2 aromatic rings. The molecule has 0 aliphatic carbocycles. The summed E-state index contributed by atoms with van der Waals surface area (Å²) in [7, 11) is -2.66. The van der Waals surface area contributed by atoms with Crippen LogP contribution in [0.25, 0.3) is 0 Å². The maximum Gasteiger partial charge on any atom is 0.172 e. The first kappa shape index (κ1) is 12.4. The average molecular weight is 269 g/mol. The molecule has 3 heteroatoms. The smallest absolute Gasteiger partial charge is 0.172 e. The van der Waals surface area contributed by atoms with Gasteiger partial charge < -0.3 is 4.57 Å². The van der Waals surface area contributed by atoms with Crippen LogP contribution in [0.5, 0.6) is 0 Å². The molecule has 3 rings (SSSR count). The summed E-state index contributed by atoms with van der Waals surface area (Å²) in [5.74, 6) is -0.109. The van der Waals surface area contributed by atoms with Gasteiger partial charge in [0.05, 0.1) is 0 Å². The molecule has 1 heterocycles. The fourth-order valence-corrected chi connectivity index (χ4v) is 5.42. The predicted octanol–water partition coefficient (Wildman–Crippen LogP) is 3.19. The molecule has 19 heavy (non-hydrogen) atoms. The minimum absolute atomic E-state index is 0.109. The van der Waals surface area contributed by atoms with Crippen molar-refractivity contribution in [3.05, 3.63) is 60.7 Å². The zero-order valence-corrected chi connectivity index (χ0v) is 11.8. The van der Waals surface area contributed by atoms with Crippen LogP contribution in [0.3, 0.4) is 0 Å². The van der Waals surface area contributed by atoms with Crippen LogP contribution in [0.4, 0.5) is 0 Å². The lowest BCUT2D eigenvalue weighted by molar-refractivity contribution is 0.586. The minimum Gasteiger partial charge on any atom is -0.311 e. The third-order valence-electron chi connectivity index (χ3n) is 3.50. The van der Waals surface area contributed by atoms with Crippen molar-refractivity contribution in [2.24, 2.45) is 4.99 Å². The Morgan fingerprint density at radius 1 is 0.947 bits per heavy atom. The quantitative estimate of drug-likeness (QED) is 0.784. The Hall–Kier alpha value is -1.66. The molecular formula is C16H16NOP. The van der Waals surface area contributed by atoms with E-state index in [1.54, 1.807) is 0 Å². The third-order valence-corrected chi connectivity index (χ3v) is 6.74. The van der Waals surface area contributed by atoms with Crippen LogP contribution in [0, 0.1) is 0 Å². The summed E-state index contributed by atoms with van der Waals surface area (Å²) in [4.78, 5) is 4.45. The highest BCUT2D eigenvalue weighted by Gasteiger charge is 2.45. The van der Waals surface area contributed by atoms with Gasteiger partial charge in [-0.25, -0.2) is 0 Å². The first-order valence-corrected chi connectivity index (χ1v) is 8.32. The Balaban J connectivity index is 2.10. The molecule has 96 valence electrons. The van der Waals surface area contributed by atoms with Gasteiger partial charge in [0, 0.05) is 16.3 Å². The van der Waals surface area contributed by atoms with Gasteiger partial charge in [0.25, 0.3) is 0 Å². The Kier molecular flexibility index (Phi) is 3.12. The molecule has 1 aliphatic heterocycles. The SMILES string of the molecule is CCC1=NC1P(=O)(c1ccccc1)c1ccccc1. The number of benzene rings is 2. The molecule has 0 saturated heterocycles. The van der Waals surface area contributed by atoms with Gasteiger partial charge in [-0.2, -0.15) is 0 Å². The molecule has 2 nitrogen and oxygen atoms in total. The summed E-state index contributed by atoms with van der Waals surface area (Å²) in [6, 6.07) is 19.5. The van der Waals surface area contributed by atoms with E-state index in [2.05, 4.69) is 11.9 Å². The number of aliphatic imine (C=N–C) groups is 1. The largest absolute Gasteiger partial charge is 0.311 e. The highest BCUT2D eigenvalue weighted by Crippen LogP contribution is 2.54. The van der Waals surface area contributed by atoms with Crippen LogP contribution in [-0.4, -0.2) is 11.5 Å². The second kappa shape index (κ2) is 4.79. The van der Waals surface area contributed by atoms with Crippen molar-refractivity contribution >= 4 is 23.5 Å². The summed E-state index contributed by atoms with van der Waals surface area (Å²) >= 11 is 0. The van der Waals surface area contributed by atoms with Crippen molar-refractivity contribution in [2.75, 3.05) is 0 Å². The van der Waals surface area contributed by atoms with E-state index < -0.39 is 7.14 Å². The van der Waals surface area contributed by atoms with Crippen molar-refractivity contribution < 1.29 is 4.57 Å². The molecule has 0 spiro atoms. The number of hydrogen-bond acceptors (Lipinski definition) is 2. The summed E-state index contributed by atoms with van der Waals surface area (Å²) < 4.78 is 13.6. The molecule has 0 amide bonds. The van der Waals surface area contributed by atoms with E-state index in [4.69, 9.17) is 0 Å². The number of rotatable bonds is 4. The first-order valence-electron chi connectivity index (χ1n) is 6.54. The van der Waals surface area contributed by atoms with Crippen LogP contribution in [0.15, 0.2) is 65.7 Å². The summed E-state index contributed by atoms with van der Waals surface area (Å²) in [5, 5.41) is 1.80. The van der Waals surface area contributed by atoms with Crippen LogP contribution < -0.4 is 10.6 Å². The monoisotopic (exact) mass is 269 g/mol. The van der Waals surface area contributed by atoms with Crippen molar-refractivity contribution in [3.63, 3.8) is 0 Å². The molecule has 0 N–H and O–H groups in total. The second-order valence-corrected chi connectivity index (χ2v) is 7.51. The van der Waals surface area contributed by atoms with Crippen LogP contribution >= 0.6 is 7.14 Å². The zero-order valence-electron chi connectivity index (χ0n) is 10.9. The van der Waals surface area contributed by atoms with Crippen LogP contribution in [0.2, 0.25) is 0 Å². The molecule has 0 radical (unpaired) electrons. The fourth-order valence-electron chi connectivity index (χ4n) is 2.42. The van der Waals surface area contributed by atoms with Gasteiger partial charge in [-0.1, -0.05) is 67.6 Å². The van der Waals surface area contributed by atoms with E-state index >= 15 is 0 Å². The predicted molar refractivity (Wildman–Crippen MR) is 81.3 cm³/mol. The molecule has 2 aromatic carbocycles. The van der Waals surface area contributed by atoms with Crippen molar-refractivity contribution in [2.45, 2.75) is 19.1 Å². The summed E-state index contributed by atoms with van der Waals surface area (Å²) in [6.07, 6.45) is 0.883. The lowest BCUT2D eigenvalue weighted by atomic mass is 10.4. The van der Waals surface area contributed by atoms with E-state index in [-0.39, 0.29) is 5.78 Å². The average Bonchev–Trinajstić information content (AvgIpc) is 3.28. The normalized spacial score (nSPS) is 17.9. The van der Waals surface area contributed by atoms with E-state index in [1.807, 2.05) is 60.7 Å². The molecular weight excluding hydrogens is 253 g/mol. The van der Waals surface area contributed by atoms with Gasteiger partial charge in [-0.05, 0) is 6.42 Å². The van der Waals surface area contributed by atoms with Gasteiger partial charge in [0.15, 0.2) is 7.14 Å². The molecule has 0 aromatic heterocycles. The van der Waals surface area contributed by atoms with E-state index in [9.17, 15) is 4.57 Å². The first-order chi connectivity index (χ1) is 9.26. The minimum atomic E-state index is -2.66.